The maximum atomic E-state index is 13.0. The Balaban J connectivity index is 1.34. The molecule has 0 aromatic heterocycles. The molecule has 7 heteroatoms. The Morgan fingerprint density at radius 2 is 1.66 bits per heavy atom. The molecular weight excluding hydrogens is 444 g/mol. The van der Waals surface area contributed by atoms with E-state index < -0.39 is 23.5 Å². The third-order valence-electron chi connectivity index (χ3n) is 7.07. The van der Waals surface area contributed by atoms with Gasteiger partial charge in [-0.2, -0.15) is 0 Å². The second-order valence-corrected chi connectivity index (χ2v) is 9.69. The van der Waals surface area contributed by atoms with Crippen LogP contribution in [0.5, 0.6) is 0 Å². The number of amides is 2. The molecule has 2 aliphatic rings. The Labute approximate surface area is 205 Å². The van der Waals surface area contributed by atoms with E-state index in [2.05, 4.69) is 34.9 Å². The van der Waals surface area contributed by atoms with Crippen LogP contribution in [-0.4, -0.2) is 42.3 Å². The molecule has 0 bridgehead atoms. The van der Waals surface area contributed by atoms with Crippen LogP contribution in [-0.2, 0) is 14.3 Å². The number of fused-ring (bicyclic) bond motifs is 3. The largest absolute Gasteiger partial charge is 0.480 e. The molecule has 0 radical (unpaired) electrons. The number of aliphatic carboxylic acids is 1. The summed E-state index contributed by atoms with van der Waals surface area (Å²) in [5, 5.41) is 14.9. The summed E-state index contributed by atoms with van der Waals surface area (Å²) >= 11 is 0. The molecule has 7 nitrogen and oxygen atoms in total. The minimum Gasteiger partial charge on any atom is -0.480 e. The SMILES string of the molecule is CC(C)=CCC(NC(=O)C1(CNC(=O)OCC2c3ccccc3-c3ccccc32)CCC1)C(=O)O. The first kappa shape index (κ1) is 24.5. The predicted octanol–water partition coefficient (Wildman–Crippen LogP) is 4.62. The van der Waals surface area contributed by atoms with Crippen molar-refractivity contribution >= 4 is 18.0 Å². The van der Waals surface area contributed by atoms with Crippen LogP contribution in [0.4, 0.5) is 4.79 Å². The summed E-state index contributed by atoms with van der Waals surface area (Å²) in [7, 11) is 0. The lowest BCUT2D eigenvalue weighted by atomic mass is 9.68. The summed E-state index contributed by atoms with van der Waals surface area (Å²) in [4.78, 5) is 37.1. The Kier molecular flexibility index (Phi) is 7.24. The van der Waals surface area contributed by atoms with Gasteiger partial charge >= 0.3 is 12.1 Å². The zero-order chi connectivity index (χ0) is 25.0. The van der Waals surface area contributed by atoms with Gasteiger partial charge in [-0.3, -0.25) is 4.79 Å². The first-order chi connectivity index (χ1) is 16.8. The smallest absolute Gasteiger partial charge is 0.407 e. The van der Waals surface area contributed by atoms with Crippen molar-refractivity contribution in [2.75, 3.05) is 13.2 Å². The van der Waals surface area contributed by atoms with Gasteiger partial charge in [-0.05, 0) is 55.4 Å². The molecule has 2 amide bonds. The van der Waals surface area contributed by atoms with Crippen LogP contribution in [0.1, 0.15) is 56.6 Å². The molecule has 1 fully saturated rings. The van der Waals surface area contributed by atoms with Gasteiger partial charge in [0.05, 0.1) is 5.41 Å². The number of ether oxygens (including phenoxy) is 1. The molecular formula is C28H32N2O5. The third kappa shape index (κ3) is 5.24. The minimum absolute atomic E-state index is 0.0412. The summed E-state index contributed by atoms with van der Waals surface area (Å²) in [5.74, 6) is -1.45. The number of carboxylic acid groups (broad SMARTS) is 1. The van der Waals surface area contributed by atoms with Gasteiger partial charge in [-0.25, -0.2) is 9.59 Å². The van der Waals surface area contributed by atoms with E-state index in [0.717, 1.165) is 34.2 Å². The number of nitrogens with one attached hydrogen (secondary N) is 2. The monoisotopic (exact) mass is 476 g/mol. The van der Waals surface area contributed by atoms with Crippen molar-refractivity contribution in [1.29, 1.82) is 0 Å². The molecule has 0 spiro atoms. The van der Waals surface area contributed by atoms with E-state index in [1.807, 2.05) is 38.1 Å². The van der Waals surface area contributed by atoms with Gasteiger partial charge in [0.1, 0.15) is 12.6 Å². The molecule has 184 valence electrons. The molecule has 0 aliphatic heterocycles. The predicted molar refractivity (Wildman–Crippen MR) is 133 cm³/mol. The number of benzene rings is 2. The lowest BCUT2D eigenvalue weighted by molar-refractivity contribution is -0.145. The Morgan fingerprint density at radius 1 is 1.06 bits per heavy atom. The van der Waals surface area contributed by atoms with Crippen LogP contribution in [0.2, 0.25) is 0 Å². The van der Waals surface area contributed by atoms with Crippen LogP contribution in [0.15, 0.2) is 60.2 Å². The van der Waals surface area contributed by atoms with Gasteiger partial charge in [0.15, 0.2) is 0 Å². The number of rotatable bonds is 9. The minimum atomic E-state index is -1.07. The maximum absolute atomic E-state index is 13.0. The quantitative estimate of drug-likeness (QED) is 0.458. The normalized spacial score (nSPS) is 16.2. The third-order valence-corrected chi connectivity index (χ3v) is 7.07. The summed E-state index contributed by atoms with van der Waals surface area (Å²) in [6.45, 7) is 4.08. The molecule has 35 heavy (non-hydrogen) atoms. The zero-order valence-electron chi connectivity index (χ0n) is 20.2. The molecule has 0 saturated heterocycles. The fraction of sp³-hybridized carbons (Fsp3) is 0.393. The molecule has 3 N–H and O–H groups in total. The number of carbonyl (C=O) groups is 3. The van der Waals surface area contributed by atoms with Crippen molar-refractivity contribution in [3.63, 3.8) is 0 Å². The fourth-order valence-corrected chi connectivity index (χ4v) is 4.86. The van der Waals surface area contributed by atoms with Gasteiger partial charge in [0.25, 0.3) is 0 Å². The highest BCUT2D eigenvalue weighted by Gasteiger charge is 2.45. The first-order valence-corrected chi connectivity index (χ1v) is 12.1. The topological polar surface area (TPSA) is 105 Å². The van der Waals surface area contributed by atoms with Gasteiger partial charge < -0.3 is 20.5 Å². The second kappa shape index (κ2) is 10.3. The van der Waals surface area contributed by atoms with E-state index in [1.165, 1.54) is 0 Å². The van der Waals surface area contributed by atoms with Gasteiger partial charge in [-0.1, -0.05) is 66.6 Å². The van der Waals surface area contributed by atoms with Crippen molar-refractivity contribution in [1.82, 2.24) is 10.6 Å². The molecule has 1 atom stereocenters. The van der Waals surface area contributed by atoms with E-state index >= 15 is 0 Å². The van der Waals surface area contributed by atoms with Crippen LogP contribution in [0.25, 0.3) is 11.1 Å². The number of carboxylic acids is 1. The molecule has 1 saturated carbocycles. The molecule has 2 aromatic carbocycles. The van der Waals surface area contributed by atoms with Crippen LogP contribution in [0, 0.1) is 5.41 Å². The standard InChI is InChI=1S/C28H32N2O5/c1-18(2)12-13-24(25(31)32)30-26(33)28(14-7-15-28)17-29-27(34)35-16-23-21-10-5-3-8-19(21)20-9-4-6-11-22(20)23/h3-6,8-12,23-24H,7,13-17H2,1-2H3,(H,29,34)(H,30,33)(H,31,32). The highest BCUT2D eigenvalue weighted by Crippen LogP contribution is 2.44. The average Bonchev–Trinajstić information content (AvgIpc) is 3.13. The molecule has 2 aliphatic carbocycles. The summed E-state index contributed by atoms with van der Waals surface area (Å²) < 4.78 is 5.58. The Bertz CT molecular complexity index is 1100. The maximum Gasteiger partial charge on any atom is 0.407 e. The van der Waals surface area contributed by atoms with Crippen molar-refractivity contribution in [2.24, 2.45) is 5.41 Å². The molecule has 4 rings (SSSR count). The highest BCUT2D eigenvalue weighted by molar-refractivity contribution is 5.88. The molecule has 1 unspecified atom stereocenters. The molecule has 0 heterocycles. The lowest BCUT2D eigenvalue weighted by Gasteiger charge is -2.40. The van der Waals surface area contributed by atoms with Gasteiger partial charge in [0, 0.05) is 12.5 Å². The van der Waals surface area contributed by atoms with Crippen molar-refractivity contribution < 1.29 is 24.2 Å². The number of hydrogen-bond donors (Lipinski definition) is 3. The highest BCUT2D eigenvalue weighted by atomic mass is 16.5. The fourth-order valence-electron chi connectivity index (χ4n) is 4.86. The second-order valence-electron chi connectivity index (χ2n) is 9.69. The number of allylic oxidation sites excluding steroid dienone is 1. The number of carbonyl (C=O) groups excluding carboxylic acids is 2. The summed E-state index contributed by atoms with van der Waals surface area (Å²) in [6.07, 6.45) is 3.48. The van der Waals surface area contributed by atoms with Crippen LogP contribution in [0.3, 0.4) is 0 Å². The Morgan fingerprint density at radius 3 is 2.17 bits per heavy atom. The molecule has 2 aromatic rings. The van der Waals surface area contributed by atoms with Crippen LogP contribution < -0.4 is 10.6 Å². The van der Waals surface area contributed by atoms with Crippen molar-refractivity contribution in [3.8, 4) is 11.1 Å². The average molecular weight is 477 g/mol. The number of hydrogen-bond acceptors (Lipinski definition) is 4. The van der Waals surface area contributed by atoms with E-state index in [9.17, 15) is 19.5 Å². The van der Waals surface area contributed by atoms with Gasteiger partial charge in [0.2, 0.25) is 5.91 Å². The zero-order valence-corrected chi connectivity index (χ0v) is 20.2. The van der Waals surface area contributed by atoms with E-state index in [-0.39, 0.29) is 31.4 Å². The lowest BCUT2D eigenvalue weighted by Crippen LogP contribution is -2.55. The van der Waals surface area contributed by atoms with Crippen LogP contribution >= 0.6 is 0 Å². The Hall–Kier alpha value is -3.61. The van der Waals surface area contributed by atoms with E-state index in [0.29, 0.717) is 12.8 Å². The first-order valence-electron chi connectivity index (χ1n) is 12.1. The van der Waals surface area contributed by atoms with Crippen molar-refractivity contribution in [3.05, 3.63) is 71.3 Å². The van der Waals surface area contributed by atoms with E-state index in [1.54, 1.807) is 6.08 Å². The van der Waals surface area contributed by atoms with Crippen molar-refractivity contribution in [2.45, 2.75) is 51.5 Å². The van der Waals surface area contributed by atoms with Gasteiger partial charge in [-0.15, -0.1) is 0 Å². The summed E-state index contributed by atoms with van der Waals surface area (Å²) in [5.41, 5.74) is 4.76. The van der Waals surface area contributed by atoms with E-state index in [4.69, 9.17) is 4.74 Å². The summed E-state index contributed by atoms with van der Waals surface area (Å²) in [6, 6.07) is 15.3. The number of alkyl carbamates (subject to hydrolysis) is 1.